The monoisotopic (exact) mass is 421 g/mol. The van der Waals surface area contributed by atoms with Gasteiger partial charge in [0.2, 0.25) is 0 Å². The molecule has 2 saturated carbocycles. The molecule has 4 heteroatoms. The molecule has 0 unspecified atom stereocenters. The van der Waals surface area contributed by atoms with Crippen molar-refractivity contribution in [2.24, 2.45) is 0 Å². The third-order valence-corrected chi connectivity index (χ3v) is 7.29. The smallest absolute Gasteiger partial charge is 0.335 e. The molecule has 4 nitrogen and oxygen atoms in total. The maximum absolute atomic E-state index is 11.4. The SMILES string of the molecule is COc1cc(C(=O)O)ccc1N(C)c1cc(C2CCCCC2)cc(C2CCCCC2)c1. The Morgan fingerprint density at radius 1 is 0.871 bits per heavy atom. The third kappa shape index (κ3) is 4.89. The first kappa shape index (κ1) is 21.7. The van der Waals surface area contributed by atoms with E-state index in [2.05, 4.69) is 30.1 Å². The average molecular weight is 422 g/mol. The highest BCUT2D eigenvalue weighted by Gasteiger charge is 2.22. The molecule has 166 valence electrons. The van der Waals surface area contributed by atoms with Gasteiger partial charge < -0.3 is 14.7 Å². The van der Waals surface area contributed by atoms with Crippen LogP contribution in [0.1, 0.15) is 97.5 Å². The molecule has 2 aliphatic carbocycles. The van der Waals surface area contributed by atoms with Crippen molar-refractivity contribution in [1.82, 2.24) is 0 Å². The van der Waals surface area contributed by atoms with Gasteiger partial charge in [0.05, 0.1) is 18.4 Å². The van der Waals surface area contributed by atoms with Crippen LogP contribution in [0.25, 0.3) is 0 Å². The summed E-state index contributed by atoms with van der Waals surface area (Å²) in [5.41, 5.74) is 5.26. The molecule has 0 saturated heterocycles. The van der Waals surface area contributed by atoms with E-state index in [1.807, 2.05) is 6.07 Å². The highest BCUT2D eigenvalue weighted by molar-refractivity contribution is 5.89. The van der Waals surface area contributed by atoms with Crippen molar-refractivity contribution in [2.45, 2.75) is 76.0 Å². The van der Waals surface area contributed by atoms with Gasteiger partial charge in [0, 0.05) is 12.7 Å². The van der Waals surface area contributed by atoms with Crippen LogP contribution in [0.2, 0.25) is 0 Å². The zero-order valence-corrected chi connectivity index (χ0v) is 18.9. The molecule has 0 aromatic heterocycles. The molecular formula is C27H35NO3. The van der Waals surface area contributed by atoms with Crippen LogP contribution in [0.15, 0.2) is 36.4 Å². The minimum Gasteiger partial charge on any atom is -0.495 e. The van der Waals surface area contributed by atoms with E-state index in [9.17, 15) is 9.90 Å². The second-order valence-corrected chi connectivity index (χ2v) is 9.28. The van der Waals surface area contributed by atoms with Gasteiger partial charge in [0.25, 0.3) is 0 Å². The maximum Gasteiger partial charge on any atom is 0.335 e. The normalized spacial score (nSPS) is 18.0. The minimum absolute atomic E-state index is 0.243. The fourth-order valence-corrected chi connectivity index (χ4v) is 5.42. The fourth-order valence-electron chi connectivity index (χ4n) is 5.42. The topological polar surface area (TPSA) is 49.8 Å². The Labute approximate surface area is 186 Å². The zero-order chi connectivity index (χ0) is 21.8. The first-order valence-corrected chi connectivity index (χ1v) is 11.9. The summed E-state index contributed by atoms with van der Waals surface area (Å²) in [6, 6.07) is 12.3. The maximum atomic E-state index is 11.4. The molecule has 2 aromatic rings. The van der Waals surface area contributed by atoms with Crippen LogP contribution < -0.4 is 9.64 Å². The number of carboxylic acids is 1. The summed E-state index contributed by atoms with van der Waals surface area (Å²) in [6.07, 6.45) is 13.2. The van der Waals surface area contributed by atoms with Crippen molar-refractivity contribution >= 4 is 17.3 Å². The fraction of sp³-hybridized carbons (Fsp3) is 0.519. The van der Waals surface area contributed by atoms with Gasteiger partial charge in [-0.3, -0.25) is 0 Å². The molecule has 0 bridgehead atoms. The Kier molecular flexibility index (Phi) is 6.84. The first-order chi connectivity index (χ1) is 15.1. The van der Waals surface area contributed by atoms with Gasteiger partial charge in [-0.05, 0) is 79.0 Å². The number of aromatic carboxylic acids is 1. The lowest BCUT2D eigenvalue weighted by Crippen LogP contribution is -2.14. The average Bonchev–Trinajstić information content (AvgIpc) is 2.84. The summed E-state index contributed by atoms with van der Waals surface area (Å²) in [5, 5.41) is 9.34. The number of nitrogens with zero attached hydrogens (tertiary/aromatic N) is 1. The lowest BCUT2D eigenvalue weighted by atomic mass is 9.79. The highest BCUT2D eigenvalue weighted by Crippen LogP contribution is 2.41. The second kappa shape index (κ2) is 9.76. The molecule has 2 aromatic carbocycles. The molecule has 0 aliphatic heterocycles. The molecule has 31 heavy (non-hydrogen) atoms. The van der Waals surface area contributed by atoms with Gasteiger partial charge in [0.15, 0.2) is 0 Å². The predicted molar refractivity (Wildman–Crippen MR) is 126 cm³/mol. The molecule has 2 aliphatic rings. The molecule has 2 fully saturated rings. The van der Waals surface area contributed by atoms with Crippen molar-refractivity contribution in [3.05, 3.63) is 53.1 Å². The number of ether oxygens (including phenoxy) is 1. The molecule has 0 amide bonds. The van der Waals surface area contributed by atoms with Gasteiger partial charge >= 0.3 is 5.97 Å². The Morgan fingerprint density at radius 2 is 1.42 bits per heavy atom. The quantitative estimate of drug-likeness (QED) is 0.533. The summed E-state index contributed by atoms with van der Waals surface area (Å²) in [6.45, 7) is 0. The third-order valence-electron chi connectivity index (χ3n) is 7.29. The molecular weight excluding hydrogens is 386 g/mol. The van der Waals surface area contributed by atoms with Crippen LogP contribution >= 0.6 is 0 Å². The van der Waals surface area contributed by atoms with E-state index in [0.29, 0.717) is 17.6 Å². The van der Waals surface area contributed by atoms with Gasteiger partial charge in [-0.1, -0.05) is 44.6 Å². The number of carboxylic acid groups (broad SMARTS) is 1. The summed E-state index contributed by atoms with van der Waals surface area (Å²) in [5.74, 6) is 0.956. The van der Waals surface area contributed by atoms with Gasteiger partial charge in [-0.25, -0.2) is 4.79 Å². The number of rotatable bonds is 6. The molecule has 0 heterocycles. The largest absolute Gasteiger partial charge is 0.495 e. The van der Waals surface area contributed by atoms with E-state index < -0.39 is 5.97 Å². The van der Waals surface area contributed by atoms with Gasteiger partial charge in [0.1, 0.15) is 5.75 Å². The number of hydrogen-bond acceptors (Lipinski definition) is 3. The lowest BCUT2D eigenvalue weighted by Gasteiger charge is -2.29. The number of anilines is 2. The molecule has 0 radical (unpaired) electrons. The summed E-state index contributed by atoms with van der Waals surface area (Å²) >= 11 is 0. The Balaban J connectivity index is 1.72. The molecule has 1 N–H and O–H groups in total. The van der Waals surface area contributed by atoms with Crippen LogP contribution in [0.4, 0.5) is 11.4 Å². The van der Waals surface area contributed by atoms with E-state index >= 15 is 0 Å². The van der Waals surface area contributed by atoms with Crippen molar-refractivity contribution in [3.8, 4) is 5.75 Å². The van der Waals surface area contributed by atoms with Crippen molar-refractivity contribution in [1.29, 1.82) is 0 Å². The lowest BCUT2D eigenvalue weighted by molar-refractivity contribution is 0.0696. The number of benzene rings is 2. The van der Waals surface area contributed by atoms with Crippen molar-refractivity contribution in [3.63, 3.8) is 0 Å². The van der Waals surface area contributed by atoms with Crippen LogP contribution in [0.5, 0.6) is 5.75 Å². The number of hydrogen-bond donors (Lipinski definition) is 1. The van der Waals surface area contributed by atoms with E-state index in [-0.39, 0.29) is 5.56 Å². The second-order valence-electron chi connectivity index (χ2n) is 9.28. The summed E-state index contributed by atoms with van der Waals surface area (Å²) < 4.78 is 5.57. The van der Waals surface area contributed by atoms with E-state index in [0.717, 1.165) is 5.69 Å². The molecule has 0 atom stereocenters. The minimum atomic E-state index is -0.939. The van der Waals surface area contributed by atoms with Gasteiger partial charge in [-0.2, -0.15) is 0 Å². The van der Waals surface area contributed by atoms with E-state index in [1.54, 1.807) is 19.2 Å². The number of methoxy groups -OCH3 is 1. The predicted octanol–water partition coefficient (Wildman–Crippen LogP) is 7.26. The Bertz CT molecular complexity index is 874. The highest BCUT2D eigenvalue weighted by atomic mass is 16.5. The first-order valence-electron chi connectivity index (χ1n) is 11.9. The van der Waals surface area contributed by atoms with Crippen LogP contribution in [-0.2, 0) is 0 Å². The van der Waals surface area contributed by atoms with Crippen molar-refractivity contribution in [2.75, 3.05) is 19.1 Å². The Hall–Kier alpha value is -2.49. The summed E-state index contributed by atoms with van der Waals surface area (Å²) in [4.78, 5) is 13.5. The molecule has 0 spiro atoms. The van der Waals surface area contributed by atoms with E-state index in [4.69, 9.17) is 4.74 Å². The van der Waals surface area contributed by atoms with E-state index in [1.165, 1.54) is 81.0 Å². The van der Waals surface area contributed by atoms with Crippen LogP contribution in [-0.4, -0.2) is 25.2 Å². The van der Waals surface area contributed by atoms with Gasteiger partial charge in [-0.15, -0.1) is 0 Å². The summed E-state index contributed by atoms with van der Waals surface area (Å²) in [7, 11) is 3.66. The molecule has 4 rings (SSSR count). The zero-order valence-electron chi connectivity index (χ0n) is 18.9. The van der Waals surface area contributed by atoms with Crippen LogP contribution in [0, 0.1) is 0 Å². The Morgan fingerprint density at radius 3 is 1.90 bits per heavy atom. The number of carbonyl (C=O) groups is 1. The van der Waals surface area contributed by atoms with Crippen LogP contribution in [0.3, 0.4) is 0 Å². The van der Waals surface area contributed by atoms with Crippen molar-refractivity contribution < 1.29 is 14.6 Å². The standard InChI is InChI=1S/C27H35NO3/c1-28(25-14-13-21(27(29)30)18-26(25)31-2)24-16-22(19-9-5-3-6-10-19)15-23(17-24)20-11-7-4-8-12-20/h13-20H,3-12H2,1-2H3,(H,29,30).